The normalized spacial score (nSPS) is 12.0. The van der Waals surface area contributed by atoms with Crippen LogP contribution in [0.5, 0.6) is 0 Å². The van der Waals surface area contributed by atoms with Crippen LogP contribution in [0.2, 0.25) is 5.02 Å². The third-order valence-corrected chi connectivity index (χ3v) is 15.0. The summed E-state index contributed by atoms with van der Waals surface area (Å²) in [5.41, 5.74) is 13.6. The standard InChI is InChI=1S/C61H42ClNS/c1-61(2,57-49-30-16-22-40-32-33-41-23-17-31-50(56(41)55(40)49)58(57)63-44-24-10-5-11-25-44)53-36-42(47-28-14-12-26-45(47)38-18-6-3-7-19-38)34-51-52-35-43(37-54(62)60(52)64-59(51)53)48-29-15-13-27-46(48)39-20-8-4-9-21-39/h3-37,63H,1-2H3. The molecule has 0 fully saturated rings. The molecule has 0 unspecified atom stereocenters. The van der Waals surface area contributed by atoms with Gasteiger partial charge in [-0.05, 0) is 119 Å². The molecule has 0 atom stereocenters. The Labute approximate surface area is 382 Å². The highest BCUT2D eigenvalue weighted by molar-refractivity contribution is 7.26. The van der Waals surface area contributed by atoms with Crippen LogP contribution in [0.15, 0.2) is 212 Å². The first-order valence-electron chi connectivity index (χ1n) is 21.9. The van der Waals surface area contributed by atoms with Crippen molar-refractivity contribution in [1.82, 2.24) is 0 Å². The average Bonchev–Trinajstić information content (AvgIpc) is 3.73. The fraction of sp³-hybridized carbons (Fsp3) is 0.0492. The second kappa shape index (κ2) is 15.2. The van der Waals surface area contributed by atoms with Crippen molar-refractivity contribution in [1.29, 1.82) is 0 Å². The predicted octanol–water partition coefficient (Wildman–Crippen LogP) is 18.3. The monoisotopic (exact) mass is 855 g/mol. The third-order valence-electron chi connectivity index (χ3n) is 13.3. The maximum atomic E-state index is 7.52. The molecule has 11 aromatic carbocycles. The van der Waals surface area contributed by atoms with Crippen molar-refractivity contribution < 1.29 is 0 Å². The second-order valence-corrected chi connectivity index (χ2v) is 18.8. The molecule has 1 nitrogen and oxygen atoms in total. The van der Waals surface area contributed by atoms with Crippen LogP contribution in [0.4, 0.5) is 11.4 Å². The van der Waals surface area contributed by atoms with Gasteiger partial charge in [-0.2, -0.15) is 0 Å². The average molecular weight is 857 g/mol. The Hall–Kier alpha value is -7.23. The number of hydrogen-bond acceptors (Lipinski definition) is 2. The number of anilines is 2. The zero-order chi connectivity index (χ0) is 42.9. The van der Waals surface area contributed by atoms with Gasteiger partial charge >= 0.3 is 0 Å². The molecule has 64 heavy (non-hydrogen) atoms. The van der Waals surface area contributed by atoms with E-state index in [-0.39, 0.29) is 0 Å². The van der Waals surface area contributed by atoms with Gasteiger partial charge in [-0.25, -0.2) is 0 Å². The summed E-state index contributed by atoms with van der Waals surface area (Å²) in [6, 6.07) is 77.2. The van der Waals surface area contributed by atoms with Crippen LogP contribution in [0.3, 0.4) is 0 Å². The largest absolute Gasteiger partial charge is 0.355 e. The molecule has 304 valence electrons. The van der Waals surface area contributed by atoms with Crippen molar-refractivity contribution in [3.05, 3.63) is 228 Å². The van der Waals surface area contributed by atoms with E-state index in [4.69, 9.17) is 11.6 Å². The summed E-state index contributed by atoms with van der Waals surface area (Å²) in [6.45, 7) is 4.86. The molecule has 1 N–H and O–H groups in total. The molecule has 0 radical (unpaired) electrons. The maximum absolute atomic E-state index is 7.52. The number of benzene rings is 11. The van der Waals surface area contributed by atoms with E-state index in [1.807, 2.05) is 11.3 Å². The predicted molar refractivity (Wildman–Crippen MR) is 278 cm³/mol. The van der Waals surface area contributed by atoms with Gasteiger partial charge in [0.1, 0.15) is 0 Å². The zero-order valence-electron chi connectivity index (χ0n) is 35.5. The molecule has 1 heterocycles. The fourth-order valence-corrected chi connectivity index (χ4v) is 12.0. The molecule has 0 saturated heterocycles. The molecule has 0 amide bonds. The van der Waals surface area contributed by atoms with Crippen LogP contribution in [-0.4, -0.2) is 0 Å². The van der Waals surface area contributed by atoms with Crippen LogP contribution < -0.4 is 5.32 Å². The number of para-hydroxylation sites is 1. The minimum atomic E-state index is -0.521. The molecule has 0 bridgehead atoms. The third kappa shape index (κ3) is 6.20. The lowest BCUT2D eigenvalue weighted by molar-refractivity contribution is 0.657. The molecule has 12 aromatic rings. The summed E-state index contributed by atoms with van der Waals surface area (Å²) >= 11 is 9.34. The summed E-state index contributed by atoms with van der Waals surface area (Å²) in [6.07, 6.45) is 0. The van der Waals surface area contributed by atoms with Gasteiger partial charge in [0.05, 0.1) is 15.4 Å². The highest BCUT2D eigenvalue weighted by atomic mass is 35.5. The van der Waals surface area contributed by atoms with Crippen LogP contribution >= 0.6 is 22.9 Å². The molecule has 1 aromatic heterocycles. The lowest BCUT2D eigenvalue weighted by Gasteiger charge is -2.33. The van der Waals surface area contributed by atoms with Gasteiger partial charge in [0.15, 0.2) is 0 Å². The topological polar surface area (TPSA) is 12.0 Å². The number of nitrogens with one attached hydrogen (secondary N) is 1. The summed E-state index contributed by atoms with van der Waals surface area (Å²) in [7, 11) is 0. The highest BCUT2D eigenvalue weighted by Crippen LogP contribution is 2.53. The fourth-order valence-electron chi connectivity index (χ4n) is 10.3. The Morgan fingerprint density at radius 3 is 1.45 bits per heavy atom. The van der Waals surface area contributed by atoms with Crippen molar-refractivity contribution in [3.63, 3.8) is 0 Å². The Morgan fingerprint density at radius 2 is 0.875 bits per heavy atom. The molecule has 0 aliphatic rings. The summed E-state index contributed by atoms with van der Waals surface area (Å²) < 4.78 is 2.34. The molecular formula is C61H42ClNS. The Kier molecular flexibility index (Phi) is 9.16. The van der Waals surface area contributed by atoms with E-state index >= 15 is 0 Å². The molecule has 0 saturated carbocycles. The van der Waals surface area contributed by atoms with E-state index in [2.05, 4.69) is 231 Å². The quantitative estimate of drug-likeness (QED) is 0.150. The van der Waals surface area contributed by atoms with E-state index in [9.17, 15) is 0 Å². The lowest BCUT2D eigenvalue weighted by atomic mass is 9.72. The van der Waals surface area contributed by atoms with Crippen molar-refractivity contribution in [3.8, 4) is 44.5 Å². The SMILES string of the molecule is CC(C)(c1c(Nc2ccccc2)c2cccc3ccc4cccc1c4c32)c1cc(-c2ccccc2-c2ccccc2)cc2c1sc1c(Cl)cc(-c3ccccc3-c3ccccc3)cc12. The summed E-state index contributed by atoms with van der Waals surface area (Å²) in [5.74, 6) is 0. The summed E-state index contributed by atoms with van der Waals surface area (Å²) in [5, 5.41) is 14.7. The van der Waals surface area contributed by atoms with Crippen molar-refractivity contribution in [2.75, 3.05) is 5.32 Å². The molecule has 3 heteroatoms. The number of thiophene rings is 1. The molecular weight excluding hydrogens is 814 g/mol. The first-order chi connectivity index (χ1) is 31.4. The second-order valence-electron chi connectivity index (χ2n) is 17.4. The van der Waals surface area contributed by atoms with Crippen molar-refractivity contribution >= 4 is 86.8 Å². The Bertz CT molecular complexity index is 3720. The van der Waals surface area contributed by atoms with Gasteiger partial charge in [0.2, 0.25) is 0 Å². The van der Waals surface area contributed by atoms with Crippen LogP contribution in [0.1, 0.15) is 25.0 Å². The van der Waals surface area contributed by atoms with Crippen molar-refractivity contribution in [2.24, 2.45) is 0 Å². The van der Waals surface area contributed by atoms with E-state index in [1.54, 1.807) is 0 Å². The minimum Gasteiger partial charge on any atom is -0.355 e. The Morgan fingerprint density at radius 1 is 0.406 bits per heavy atom. The van der Waals surface area contributed by atoms with Gasteiger partial charge in [0, 0.05) is 32.0 Å². The van der Waals surface area contributed by atoms with E-state index < -0.39 is 5.41 Å². The van der Waals surface area contributed by atoms with Gasteiger partial charge in [-0.3, -0.25) is 0 Å². The van der Waals surface area contributed by atoms with Crippen LogP contribution in [-0.2, 0) is 5.41 Å². The number of fused-ring (bicyclic) bond motifs is 3. The first kappa shape index (κ1) is 38.4. The smallest absolute Gasteiger partial charge is 0.0590 e. The van der Waals surface area contributed by atoms with Gasteiger partial charge < -0.3 is 5.32 Å². The molecule has 0 aliphatic heterocycles. The molecule has 12 rings (SSSR count). The van der Waals surface area contributed by atoms with Gasteiger partial charge in [-0.1, -0.05) is 201 Å². The minimum absolute atomic E-state index is 0.521. The zero-order valence-corrected chi connectivity index (χ0v) is 37.1. The first-order valence-corrected chi connectivity index (χ1v) is 23.1. The Balaban J connectivity index is 1.19. The van der Waals surface area contributed by atoms with Crippen LogP contribution in [0, 0.1) is 0 Å². The van der Waals surface area contributed by atoms with E-state index in [0.29, 0.717) is 0 Å². The maximum Gasteiger partial charge on any atom is 0.0590 e. The number of hydrogen-bond donors (Lipinski definition) is 1. The summed E-state index contributed by atoms with van der Waals surface area (Å²) in [4.78, 5) is 0. The van der Waals surface area contributed by atoms with E-state index in [0.717, 1.165) is 32.2 Å². The highest BCUT2D eigenvalue weighted by Gasteiger charge is 2.34. The van der Waals surface area contributed by atoms with Crippen molar-refractivity contribution in [2.45, 2.75) is 19.3 Å². The van der Waals surface area contributed by atoms with Gasteiger partial charge in [0.25, 0.3) is 0 Å². The molecule has 0 aliphatic carbocycles. The van der Waals surface area contributed by atoms with Gasteiger partial charge in [-0.15, -0.1) is 11.3 Å². The molecule has 0 spiro atoms. The number of rotatable bonds is 8. The van der Waals surface area contributed by atoms with Crippen LogP contribution in [0.25, 0.3) is 97.0 Å². The van der Waals surface area contributed by atoms with E-state index in [1.165, 1.54) is 92.3 Å². The lowest BCUT2D eigenvalue weighted by Crippen LogP contribution is -2.22. The number of halogens is 1.